The zero-order chi connectivity index (χ0) is 11.6. The molecule has 0 saturated carbocycles. The van der Waals surface area contributed by atoms with Crippen molar-refractivity contribution in [3.63, 3.8) is 0 Å². The van der Waals surface area contributed by atoms with Crippen LogP contribution in [0.5, 0.6) is 0 Å². The molecule has 0 bridgehead atoms. The molecule has 0 fully saturated rings. The van der Waals surface area contributed by atoms with Gasteiger partial charge < -0.3 is 0 Å². The van der Waals surface area contributed by atoms with E-state index in [-0.39, 0.29) is 6.04 Å². The van der Waals surface area contributed by atoms with Gasteiger partial charge in [0.05, 0.1) is 6.04 Å². The van der Waals surface area contributed by atoms with E-state index in [0.717, 1.165) is 24.8 Å². The highest BCUT2D eigenvalue weighted by Crippen LogP contribution is 2.33. The van der Waals surface area contributed by atoms with Crippen molar-refractivity contribution in [2.75, 3.05) is 6.61 Å². The summed E-state index contributed by atoms with van der Waals surface area (Å²) in [5.74, 6) is 0. The van der Waals surface area contributed by atoms with Crippen LogP contribution in [0.4, 0.5) is 13.2 Å². The van der Waals surface area contributed by atoms with Crippen LogP contribution in [-0.2, 0) is 11.3 Å². The molecule has 2 nitrogen and oxygen atoms in total. The Bertz CT molecular complexity index is 350. The van der Waals surface area contributed by atoms with E-state index in [1.54, 1.807) is 11.3 Å². The first kappa shape index (κ1) is 11.9. The minimum absolute atomic E-state index is 0.0997. The van der Waals surface area contributed by atoms with Gasteiger partial charge in [-0.05, 0) is 36.3 Å². The topological polar surface area (TPSA) is 21.3 Å². The van der Waals surface area contributed by atoms with E-state index in [1.165, 1.54) is 4.88 Å². The summed E-state index contributed by atoms with van der Waals surface area (Å²) in [6.45, 7) is -1.25. The van der Waals surface area contributed by atoms with Gasteiger partial charge >= 0.3 is 6.18 Å². The molecule has 1 heterocycles. The van der Waals surface area contributed by atoms with Crippen LogP contribution >= 0.6 is 11.3 Å². The van der Waals surface area contributed by atoms with Gasteiger partial charge in [0, 0.05) is 4.88 Å². The molecule has 90 valence electrons. The van der Waals surface area contributed by atoms with Crippen molar-refractivity contribution < 1.29 is 18.0 Å². The lowest BCUT2D eigenvalue weighted by molar-refractivity contribution is -0.193. The fourth-order valence-corrected chi connectivity index (χ4v) is 2.82. The number of halogens is 3. The van der Waals surface area contributed by atoms with Crippen molar-refractivity contribution in [3.8, 4) is 0 Å². The maximum Gasteiger partial charge on any atom is 0.413 e. The second kappa shape index (κ2) is 4.73. The first-order valence-corrected chi connectivity index (χ1v) is 5.94. The molecule has 0 aromatic carbocycles. The third kappa shape index (κ3) is 2.96. The van der Waals surface area contributed by atoms with Gasteiger partial charge in [-0.15, -0.1) is 11.3 Å². The number of hydroxylamine groups is 1. The van der Waals surface area contributed by atoms with Crippen LogP contribution in [0.15, 0.2) is 11.4 Å². The van der Waals surface area contributed by atoms with Crippen LogP contribution in [0.3, 0.4) is 0 Å². The lowest BCUT2D eigenvalue weighted by Crippen LogP contribution is -2.29. The zero-order valence-electron chi connectivity index (χ0n) is 8.51. The van der Waals surface area contributed by atoms with Crippen molar-refractivity contribution in [1.29, 1.82) is 0 Å². The second-order valence-electron chi connectivity index (χ2n) is 3.77. The zero-order valence-corrected chi connectivity index (χ0v) is 9.33. The van der Waals surface area contributed by atoms with Gasteiger partial charge in [0.15, 0.2) is 6.61 Å². The first-order chi connectivity index (χ1) is 7.56. The second-order valence-corrected chi connectivity index (χ2v) is 4.77. The number of alkyl halides is 3. The average Bonchev–Trinajstić information content (AvgIpc) is 2.64. The van der Waals surface area contributed by atoms with Gasteiger partial charge in [0.1, 0.15) is 0 Å². The van der Waals surface area contributed by atoms with Crippen molar-refractivity contribution in [2.45, 2.75) is 31.5 Å². The Morgan fingerprint density at radius 3 is 3.06 bits per heavy atom. The summed E-state index contributed by atoms with van der Waals surface area (Å²) < 4.78 is 35.6. The molecule has 0 aliphatic heterocycles. The van der Waals surface area contributed by atoms with E-state index in [4.69, 9.17) is 0 Å². The lowest BCUT2D eigenvalue weighted by Gasteiger charge is -2.23. The molecule has 1 aliphatic rings. The predicted molar refractivity (Wildman–Crippen MR) is 55.1 cm³/mol. The molecule has 16 heavy (non-hydrogen) atoms. The van der Waals surface area contributed by atoms with Crippen molar-refractivity contribution in [3.05, 3.63) is 21.9 Å². The standard InChI is InChI=1S/C10H12F3NOS/c11-10(12,13)6-15-14-8-2-1-3-9-7(8)4-5-16-9/h4-5,8,14H,1-3,6H2. The summed E-state index contributed by atoms with van der Waals surface area (Å²) in [6, 6.07) is 1.85. The monoisotopic (exact) mass is 251 g/mol. The molecule has 1 unspecified atom stereocenters. The molecule has 1 atom stereocenters. The lowest BCUT2D eigenvalue weighted by atomic mass is 9.95. The molecule has 1 aromatic heterocycles. The number of fused-ring (bicyclic) bond motifs is 1. The Hall–Kier alpha value is -0.590. The molecular formula is C10H12F3NOS. The minimum atomic E-state index is -4.28. The summed E-state index contributed by atoms with van der Waals surface area (Å²) in [5, 5.41) is 1.97. The summed E-state index contributed by atoms with van der Waals surface area (Å²) in [6.07, 6.45) is -1.45. The quantitative estimate of drug-likeness (QED) is 0.833. The molecular weight excluding hydrogens is 239 g/mol. The molecule has 1 aromatic rings. The summed E-state index contributed by atoms with van der Waals surface area (Å²) in [7, 11) is 0. The van der Waals surface area contributed by atoms with Crippen molar-refractivity contribution >= 4 is 11.3 Å². The summed E-state index contributed by atoms with van der Waals surface area (Å²) >= 11 is 1.65. The Balaban J connectivity index is 1.88. The minimum Gasteiger partial charge on any atom is -0.292 e. The third-order valence-corrected chi connectivity index (χ3v) is 3.51. The van der Waals surface area contributed by atoms with E-state index in [2.05, 4.69) is 10.3 Å². The number of nitrogens with one attached hydrogen (secondary N) is 1. The number of hydrogen-bond donors (Lipinski definition) is 1. The molecule has 0 amide bonds. The highest BCUT2D eigenvalue weighted by Gasteiger charge is 2.29. The molecule has 0 saturated heterocycles. The normalized spacial score (nSPS) is 20.8. The Labute approximate surface area is 95.4 Å². The Morgan fingerprint density at radius 2 is 2.31 bits per heavy atom. The smallest absolute Gasteiger partial charge is 0.292 e. The molecule has 0 radical (unpaired) electrons. The van der Waals surface area contributed by atoms with E-state index in [0.29, 0.717) is 0 Å². The molecule has 1 N–H and O–H groups in total. The Kier molecular flexibility index (Phi) is 3.51. The van der Waals surface area contributed by atoms with Gasteiger partial charge in [-0.25, -0.2) is 0 Å². The van der Waals surface area contributed by atoms with Gasteiger partial charge in [0.25, 0.3) is 0 Å². The number of hydrogen-bond acceptors (Lipinski definition) is 3. The third-order valence-electron chi connectivity index (χ3n) is 2.51. The van der Waals surface area contributed by atoms with Crippen LogP contribution in [0.2, 0.25) is 0 Å². The van der Waals surface area contributed by atoms with Crippen LogP contribution in [0.25, 0.3) is 0 Å². The largest absolute Gasteiger partial charge is 0.413 e. The fraction of sp³-hybridized carbons (Fsp3) is 0.600. The van der Waals surface area contributed by atoms with E-state index < -0.39 is 12.8 Å². The highest BCUT2D eigenvalue weighted by molar-refractivity contribution is 7.10. The van der Waals surface area contributed by atoms with E-state index in [1.807, 2.05) is 11.4 Å². The molecule has 2 rings (SSSR count). The van der Waals surface area contributed by atoms with Gasteiger partial charge in [0.2, 0.25) is 0 Å². The maximum absolute atomic E-state index is 11.9. The number of thiophene rings is 1. The van der Waals surface area contributed by atoms with E-state index >= 15 is 0 Å². The number of rotatable bonds is 3. The van der Waals surface area contributed by atoms with Gasteiger partial charge in [-0.2, -0.15) is 18.7 Å². The van der Waals surface area contributed by atoms with Gasteiger partial charge in [-0.1, -0.05) is 0 Å². The van der Waals surface area contributed by atoms with Crippen LogP contribution < -0.4 is 5.48 Å². The molecule has 1 aliphatic carbocycles. The molecule has 6 heteroatoms. The van der Waals surface area contributed by atoms with Crippen molar-refractivity contribution in [2.24, 2.45) is 0 Å². The average molecular weight is 251 g/mol. The Morgan fingerprint density at radius 1 is 1.50 bits per heavy atom. The maximum atomic E-state index is 11.9. The molecule has 0 spiro atoms. The van der Waals surface area contributed by atoms with Gasteiger partial charge in [-0.3, -0.25) is 4.84 Å². The first-order valence-electron chi connectivity index (χ1n) is 5.06. The summed E-state index contributed by atoms with van der Waals surface area (Å²) in [5.41, 5.74) is 3.59. The predicted octanol–water partition coefficient (Wildman–Crippen LogP) is 3.21. The SMILES string of the molecule is FC(F)(F)CONC1CCCc2sccc21. The number of aryl methyl sites for hydroxylation is 1. The fourth-order valence-electron chi connectivity index (χ4n) is 1.83. The van der Waals surface area contributed by atoms with Crippen molar-refractivity contribution in [1.82, 2.24) is 5.48 Å². The highest BCUT2D eigenvalue weighted by atomic mass is 32.1. The van der Waals surface area contributed by atoms with Crippen LogP contribution in [0, 0.1) is 0 Å². The van der Waals surface area contributed by atoms with Crippen LogP contribution in [-0.4, -0.2) is 12.8 Å². The van der Waals surface area contributed by atoms with Crippen LogP contribution in [0.1, 0.15) is 29.3 Å². The summed E-state index contributed by atoms with van der Waals surface area (Å²) in [4.78, 5) is 5.74. The van der Waals surface area contributed by atoms with E-state index in [9.17, 15) is 13.2 Å².